The molecule has 0 bridgehead atoms. The van der Waals surface area contributed by atoms with Crippen LogP contribution in [0.3, 0.4) is 0 Å². The lowest BCUT2D eigenvalue weighted by atomic mass is 9.95. The number of benzene rings is 2. The summed E-state index contributed by atoms with van der Waals surface area (Å²) in [6.45, 7) is 0.665. The quantitative estimate of drug-likeness (QED) is 0.501. The fraction of sp³-hybridized carbons (Fsp3) is 0.538. The summed E-state index contributed by atoms with van der Waals surface area (Å²) in [7, 11) is 0. The fourth-order valence-corrected chi connectivity index (χ4v) is 4.14. The van der Waals surface area contributed by atoms with Gasteiger partial charge in [0.1, 0.15) is 0 Å². The lowest BCUT2D eigenvalue weighted by molar-refractivity contribution is -0.0228. The number of aliphatic hydroxyl groups excluding tert-OH is 3. The van der Waals surface area contributed by atoms with Gasteiger partial charge in [-0.15, -0.1) is 0 Å². The van der Waals surface area contributed by atoms with E-state index in [4.69, 9.17) is 14.9 Å². The molecule has 4 nitrogen and oxygen atoms in total. The normalized spacial score (nSPS) is 25.4. The van der Waals surface area contributed by atoms with E-state index in [9.17, 15) is 5.11 Å². The number of ether oxygens (including phenoxy) is 1. The Labute approximate surface area is 195 Å². The molecule has 2 aromatic carbocycles. The first-order valence-corrected chi connectivity index (χ1v) is 12.5. The van der Waals surface area contributed by atoms with Crippen molar-refractivity contribution in [2.24, 2.45) is 0 Å². The van der Waals surface area contributed by atoms with Crippen LogP contribution < -0.4 is 0 Å². The minimum absolute atomic E-state index is 0.153. The molecule has 2 saturated carbocycles. The van der Waals surface area contributed by atoms with Crippen LogP contribution >= 0.6 is 15.9 Å². The summed E-state index contributed by atoms with van der Waals surface area (Å²) in [5.41, 5.74) is 2.53. The molecule has 2 aliphatic rings. The summed E-state index contributed by atoms with van der Waals surface area (Å²) in [5, 5.41) is 28.3. The molecule has 0 saturated heterocycles. The van der Waals surface area contributed by atoms with Crippen molar-refractivity contribution in [2.75, 3.05) is 0 Å². The average Bonchev–Trinajstić information content (AvgIpc) is 2.80. The Morgan fingerprint density at radius 1 is 0.677 bits per heavy atom. The minimum atomic E-state index is -0.237. The van der Waals surface area contributed by atoms with Gasteiger partial charge in [0.15, 0.2) is 0 Å². The monoisotopic (exact) mass is 492 g/mol. The topological polar surface area (TPSA) is 69.9 Å². The van der Waals surface area contributed by atoms with Gasteiger partial charge in [0.25, 0.3) is 0 Å². The van der Waals surface area contributed by atoms with E-state index in [1.54, 1.807) is 0 Å². The Morgan fingerprint density at radius 3 is 1.58 bits per heavy atom. The molecule has 172 valence electrons. The fourth-order valence-electron chi connectivity index (χ4n) is 3.77. The van der Waals surface area contributed by atoms with E-state index >= 15 is 0 Å². The summed E-state index contributed by atoms with van der Waals surface area (Å²) in [6.07, 6.45) is 6.82. The summed E-state index contributed by atoms with van der Waals surface area (Å²) in [5.74, 6) is 0. The summed E-state index contributed by atoms with van der Waals surface area (Å²) >= 11 is 3.36. The molecule has 2 aromatic rings. The number of hydrogen-bond acceptors (Lipinski definition) is 4. The van der Waals surface area contributed by atoms with Crippen LogP contribution in [0.15, 0.2) is 60.7 Å². The van der Waals surface area contributed by atoms with E-state index in [0.717, 1.165) is 50.3 Å². The minimum Gasteiger partial charge on any atom is -0.393 e. The number of hydrogen-bond donors (Lipinski definition) is 3. The molecule has 5 heteroatoms. The van der Waals surface area contributed by atoms with E-state index in [0.29, 0.717) is 13.0 Å². The van der Waals surface area contributed by atoms with Crippen LogP contribution in [0.5, 0.6) is 0 Å². The molecule has 0 aliphatic heterocycles. The Balaban J connectivity index is 0.000000181. The van der Waals surface area contributed by atoms with Crippen molar-refractivity contribution in [1.29, 1.82) is 0 Å². The van der Waals surface area contributed by atoms with Crippen LogP contribution in [0, 0.1) is 0 Å². The van der Waals surface area contributed by atoms with Crippen molar-refractivity contribution >= 4 is 15.9 Å². The molecule has 0 radical (unpaired) electrons. The first kappa shape index (κ1) is 26.0. The van der Waals surface area contributed by atoms with Gasteiger partial charge in [-0.2, -0.15) is 0 Å². The van der Waals surface area contributed by atoms with Crippen molar-refractivity contribution in [3.63, 3.8) is 0 Å². The first-order chi connectivity index (χ1) is 15.1. The number of halogens is 1. The molecular weight excluding hydrogens is 456 g/mol. The van der Waals surface area contributed by atoms with E-state index in [2.05, 4.69) is 40.2 Å². The predicted molar refractivity (Wildman–Crippen MR) is 129 cm³/mol. The SMILES string of the molecule is BrCc1ccccc1.OC1CCCC(O)C1.OC1CCCC(OCc2ccccc2)C1. The van der Waals surface area contributed by atoms with Gasteiger partial charge in [-0.05, 0) is 62.5 Å². The zero-order chi connectivity index (χ0) is 22.3. The lowest BCUT2D eigenvalue weighted by Crippen LogP contribution is -2.25. The van der Waals surface area contributed by atoms with Crippen LogP contribution in [0.25, 0.3) is 0 Å². The maximum Gasteiger partial charge on any atom is 0.0720 e. The third kappa shape index (κ3) is 11.8. The van der Waals surface area contributed by atoms with Gasteiger partial charge in [-0.3, -0.25) is 0 Å². The number of rotatable bonds is 4. The second-order valence-corrected chi connectivity index (χ2v) is 8.89. The smallest absolute Gasteiger partial charge is 0.0720 e. The van der Waals surface area contributed by atoms with Gasteiger partial charge in [0.2, 0.25) is 0 Å². The van der Waals surface area contributed by atoms with Crippen LogP contribution in [0.2, 0.25) is 0 Å². The van der Waals surface area contributed by atoms with Crippen LogP contribution in [0.1, 0.15) is 62.5 Å². The van der Waals surface area contributed by atoms with E-state index in [1.165, 1.54) is 11.1 Å². The zero-order valence-electron chi connectivity index (χ0n) is 18.3. The molecule has 31 heavy (non-hydrogen) atoms. The standard InChI is InChI=1S/C13H18O2.C7H7Br.C6H12O2/c14-12-7-4-8-13(9-12)15-10-11-5-2-1-3-6-11;8-6-7-4-2-1-3-5-7;7-5-2-1-3-6(8)4-5/h1-3,5-6,12-14H,4,7-10H2;1-5H,6H2;5-8H,1-4H2. The molecule has 0 heterocycles. The van der Waals surface area contributed by atoms with Gasteiger partial charge >= 0.3 is 0 Å². The summed E-state index contributed by atoms with van der Waals surface area (Å²) in [4.78, 5) is 0. The first-order valence-electron chi connectivity index (χ1n) is 11.4. The number of alkyl halides is 1. The van der Waals surface area contributed by atoms with Gasteiger partial charge < -0.3 is 20.1 Å². The van der Waals surface area contributed by atoms with Crippen LogP contribution in [0.4, 0.5) is 0 Å². The maximum atomic E-state index is 9.50. The van der Waals surface area contributed by atoms with E-state index in [-0.39, 0.29) is 24.4 Å². The van der Waals surface area contributed by atoms with Gasteiger partial charge in [-0.1, -0.05) is 76.6 Å². The molecular formula is C26H37BrO4. The molecule has 0 spiro atoms. The van der Waals surface area contributed by atoms with Crippen LogP contribution in [-0.2, 0) is 16.7 Å². The van der Waals surface area contributed by atoms with E-state index < -0.39 is 0 Å². The third-order valence-electron chi connectivity index (χ3n) is 5.54. The largest absolute Gasteiger partial charge is 0.393 e. The Kier molecular flexibility index (Phi) is 13.0. The third-order valence-corrected chi connectivity index (χ3v) is 6.19. The molecule has 2 aliphatic carbocycles. The highest BCUT2D eigenvalue weighted by molar-refractivity contribution is 9.08. The Hall–Kier alpha value is -1.24. The molecule has 4 unspecified atom stereocenters. The van der Waals surface area contributed by atoms with Gasteiger partial charge in [-0.25, -0.2) is 0 Å². The predicted octanol–water partition coefficient (Wildman–Crippen LogP) is 5.37. The Bertz CT molecular complexity index is 674. The number of aliphatic hydroxyl groups is 3. The van der Waals surface area contributed by atoms with Crippen molar-refractivity contribution in [1.82, 2.24) is 0 Å². The second kappa shape index (κ2) is 15.5. The zero-order valence-corrected chi connectivity index (χ0v) is 19.9. The second-order valence-electron chi connectivity index (χ2n) is 8.33. The van der Waals surface area contributed by atoms with Crippen molar-refractivity contribution in [3.05, 3.63) is 71.8 Å². The van der Waals surface area contributed by atoms with E-state index in [1.807, 2.05) is 36.4 Å². The van der Waals surface area contributed by atoms with Gasteiger partial charge in [0, 0.05) is 5.33 Å². The molecule has 2 fully saturated rings. The molecule has 0 amide bonds. The highest BCUT2D eigenvalue weighted by atomic mass is 79.9. The molecule has 4 rings (SSSR count). The summed E-state index contributed by atoms with van der Waals surface area (Å²) in [6, 6.07) is 20.5. The Morgan fingerprint density at radius 2 is 1.16 bits per heavy atom. The maximum absolute atomic E-state index is 9.50. The highest BCUT2D eigenvalue weighted by Gasteiger charge is 2.20. The highest BCUT2D eigenvalue weighted by Crippen LogP contribution is 2.22. The molecule has 0 aromatic heterocycles. The van der Waals surface area contributed by atoms with Crippen molar-refractivity contribution in [3.8, 4) is 0 Å². The van der Waals surface area contributed by atoms with Gasteiger partial charge in [0.05, 0.1) is 31.0 Å². The summed E-state index contributed by atoms with van der Waals surface area (Å²) < 4.78 is 5.78. The van der Waals surface area contributed by atoms with Crippen molar-refractivity contribution in [2.45, 2.75) is 87.7 Å². The van der Waals surface area contributed by atoms with Crippen LogP contribution in [-0.4, -0.2) is 39.7 Å². The molecule has 3 N–H and O–H groups in total. The molecule has 4 atom stereocenters. The lowest BCUT2D eigenvalue weighted by Gasteiger charge is -2.25. The average molecular weight is 493 g/mol. The van der Waals surface area contributed by atoms with Crippen molar-refractivity contribution < 1.29 is 20.1 Å².